The van der Waals surface area contributed by atoms with Gasteiger partial charge in [-0.1, -0.05) is 6.07 Å². The number of nitrogens with one attached hydrogen (secondary N) is 1. The molecule has 0 spiro atoms. The fraction of sp³-hybridized carbons (Fsp3) is 0.333. The van der Waals surface area contributed by atoms with E-state index < -0.39 is 0 Å². The van der Waals surface area contributed by atoms with Gasteiger partial charge in [-0.3, -0.25) is 4.98 Å². The maximum Gasteiger partial charge on any atom is 0.147 e. The SMILES string of the molecule is CNc1c(C)cc(CCCc2cccnc2)nc1N. The van der Waals surface area contributed by atoms with Crippen LogP contribution in [0.3, 0.4) is 0 Å². The molecule has 0 radical (unpaired) electrons. The predicted molar refractivity (Wildman–Crippen MR) is 79.2 cm³/mol. The van der Waals surface area contributed by atoms with E-state index in [-0.39, 0.29) is 0 Å². The molecule has 100 valence electrons. The van der Waals surface area contributed by atoms with Crippen LogP contribution in [0.25, 0.3) is 0 Å². The zero-order valence-electron chi connectivity index (χ0n) is 11.5. The van der Waals surface area contributed by atoms with Crippen molar-refractivity contribution in [2.45, 2.75) is 26.2 Å². The number of nitrogen functional groups attached to an aromatic ring is 1. The Labute approximate surface area is 114 Å². The fourth-order valence-corrected chi connectivity index (χ4v) is 2.24. The Morgan fingerprint density at radius 1 is 1.32 bits per heavy atom. The molecule has 0 unspecified atom stereocenters. The normalized spacial score (nSPS) is 10.4. The second-order valence-corrected chi connectivity index (χ2v) is 4.66. The molecule has 0 aromatic carbocycles. The van der Waals surface area contributed by atoms with Gasteiger partial charge in [0, 0.05) is 25.1 Å². The van der Waals surface area contributed by atoms with E-state index >= 15 is 0 Å². The number of hydrogen-bond donors (Lipinski definition) is 2. The number of rotatable bonds is 5. The molecule has 0 bridgehead atoms. The highest BCUT2D eigenvalue weighted by molar-refractivity contribution is 5.66. The Morgan fingerprint density at radius 3 is 2.79 bits per heavy atom. The number of aryl methyl sites for hydroxylation is 3. The van der Waals surface area contributed by atoms with Gasteiger partial charge >= 0.3 is 0 Å². The summed E-state index contributed by atoms with van der Waals surface area (Å²) >= 11 is 0. The van der Waals surface area contributed by atoms with Gasteiger partial charge in [0.2, 0.25) is 0 Å². The predicted octanol–water partition coefficient (Wildman–Crippen LogP) is 2.58. The van der Waals surface area contributed by atoms with Crippen molar-refractivity contribution in [3.05, 3.63) is 47.4 Å². The monoisotopic (exact) mass is 256 g/mol. The largest absolute Gasteiger partial charge is 0.385 e. The van der Waals surface area contributed by atoms with Gasteiger partial charge in [-0.05, 0) is 49.4 Å². The minimum atomic E-state index is 0.582. The van der Waals surface area contributed by atoms with Crippen molar-refractivity contribution in [3.8, 4) is 0 Å². The van der Waals surface area contributed by atoms with Gasteiger partial charge in [0.25, 0.3) is 0 Å². The van der Waals surface area contributed by atoms with Gasteiger partial charge in [-0.2, -0.15) is 0 Å². The van der Waals surface area contributed by atoms with E-state index in [0.717, 1.165) is 36.2 Å². The van der Waals surface area contributed by atoms with E-state index in [1.807, 2.05) is 19.3 Å². The topological polar surface area (TPSA) is 63.8 Å². The molecule has 4 heteroatoms. The van der Waals surface area contributed by atoms with Crippen molar-refractivity contribution in [1.29, 1.82) is 0 Å². The average Bonchev–Trinajstić information content (AvgIpc) is 2.40. The number of nitrogens with zero attached hydrogens (tertiary/aromatic N) is 2. The summed E-state index contributed by atoms with van der Waals surface area (Å²) in [6.07, 6.45) is 6.71. The zero-order chi connectivity index (χ0) is 13.7. The molecule has 19 heavy (non-hydrogen) atoms. The van der Waals surface area contributed by atoms with E-state index in [2.05, 4.69) is 34.3 Å². The lowest BCUT2D eigenvalue weighted by Gasteiger charge is -2.10. The molecule has 3 N–H and O–H groups in total. The molecule has 2 aromatic heterocycles. The van der Waals surface area contributed by atoms with Gasteiger partial charge in [-0.25, -0.2) is 4.98 Å². The summed E-state index contributed by atoms with van der Waals surface area (Å²) in [4.78, 5) is 8.55. The Kier molecular flexibility index (Phi) is 4.34. The van der Waals surface area contributed by atoms with Gasteiger partial charge in [-0.15, -0.1) is 0 Å². The summed E-state index contributed by atoms with van der Waals surface area (Å²) in [6.45, 7) is 2.05. The first-order valence-electron chi connectivity index (χ1n) is 6.53. The number of hydrogen-bond acceptors (Lipinski definition) is 4. The summed E-state index contributed by atoms with van der Waals surface area (Å²) in [5, 5.41) is 3.08. The molecule has 2 aromatic rings. The zero-order valence-corrected chi connectivity index (χ0v) is 11.5. The van der Waals surface area contributed by atoms with Crippen molar-refractivity contribution in [2.75, 3.05) is 18.1 Å². The van der Waals surface area contributed by atoms with E-state index in [4.69, 9.17) is 5.73 Å². The van der Waals surface area contributed by atoms with Crippen LogP contribution < -0.4 is 11.1 Å². The standard InChI is InChI=1S/C15H20N4/c1-11-9-13(19-15(16)14(11)17-2)7-3-5-12-6-4-8-18-10-12/h4,6,8-10,17H,3,5,7H2,1-2H3,(H2,16,19). The van der Waals surface area contributed by atoms with Crippen LogP contribution in [0.1, 0.15) is 23.2 Å². The lowest BCUT2D eigenvalue weighted by molar-refractivity contribution is 0.797. The van der Waals surface area contributed by atoms with Crippen LogP contribution in [0.2, 0.25) is 0 Å². The van der Waals surface area contributed by atoms with Crippen molar-refractivity contribution in [2.24, 2.45) is 0 Å². The molecular weight excluding hydrogens is 236 g/mol. The molecule has 2 heterocycles. The van der Waals surface area contributed by atoms with Crippen molar-refractivity contribution < 1.29 is 0 Å². The third kappa shape index (κ3) is 3.44. The molecule has 4 nitrogen and oxygen atoms in total. The van der Waals surface area contributed by atoms with Crippen molar-refractivity contribution in [3.63, 3.8) is 0 Å². The first-order chi connectivity index (χ1) is 9.20. The summed E-state index contributed by atoms with van der Waals surface area (Å²) in [6, 6.07) is 6.17. The second-order valence-electron chi connectivity index (χ2n) is 4.66. The Hall–Kier alpha value is -2.10. The smallest absolute Gasteiger partial charge is 0.147 e. The molecule has 0 saturated carbocycles. The van der Waals surface area contributed by atoms with Gasteiger partial charge in [0.05, 0.1) is 5.69 Å². The molecular formula is C15H20N4. The summed E-state index contributed by atoms with van der Waals surface area (Å²) in [5.74, 6) is 0.582. The van der Waals surface area contributed by atoms with Gasteiger partial charge in [0.15, 0.2) is 0 Å². The number of aromatic nitrogens is 2. The summed E-state index contributed by atoms with van der Waals surface area (Å²) < 4.78 is 0. The van der Waals surface area contributed by atoms with Crippen LogP contribution in [-0.2, 0) is 12.8 Å². The van der Waals surface area contributed by atoms with Crippen molar-refractivity contribution in [1.82, 2.24) is 9.97 Å². The highest BCUT2D eigenvalue weighted by Gasteiger charge is 2.05. The van der Waals surface area contributed by atoms with E-state index in [1.54, 1.807) is 6.20 Å². The van der Waals surface area contributed by atoms with Crippen LogP contribution in [0, 0.1) is 6.92 Å². The van der Waals surface area contributed by atoms with Crippen LogP contribution in [-0.4, -0.2) is 17.0 Å². The van der Waals surface area contributed by atoms with Crippen LogP contribution in [0.5, 0.6) is 0 Å². The van der Waals surface area contributed by atoms with E-state index in [0.29, 0.717) is 5.82 Å². The minimum Gasteiger partial charge on any atom is -0.385 e. The number of anilines is 2. The Balaban J connectivity index is 1.97. The second kappa shape index (κ2) is 6.18. The third-order valence-electron chi connectivity index (χ3n) is 3.17. The molecule has 0 amide bonds. The van der Waals surface area contributed by atoms with Gasteiger partial charge < -0.3 is 11.1 Å². The third-order valence-corrected chi connectivity index (χ3v) is 3.17. The lowest BCUT2D eigenvalue weighted by atomic mass is 10.1. The molecule has 0 aliphatic rings. The van der Waals surface area contributed by atoms with Crippen LogP contribution in [0.4, 0.5) is 11.5 Å². The highest BCUT2D eigenvalue weighted by atomic mass is 14.9. The van der Waals surface area contributed by atoms with Gasteiger partial charge in [0.1, 0.15) is 5.82 Å². The number of pyridine rings is 2. The summed E-state index contributed by atoms with van der Waals surface area (Å²) in [7, 11) is 1.86. The maximum atomic E-state index is 5.93. The van der Waals surface area contributed by atoms with E-state index in [9.17, 15) is 0 Å². The Morgan fingerprint density at radius 2 is 2.16 bits per heavy atom. The van der Waals surface area contributed by atoms with Crippen LogP contribution in [0.15, 0.2) is 30.6 Å². The minimum absolute atomic E-state index is 0.582. The number of nitrogens with two attached hydrogens (primary N) is 1. The van der Waals surface area contributed by atoms with Crippen molar-refractivity contribution >= 4 is 11.5 Å². The molecule has 0 saturated heterocycles. The average molecular weight is 256 g/mol. The quantitative estimate of drug-likeness (QED) is 0.863. The molecule has 0 fully saturated rings. The molecule has 0 atom stereocenters. The highest BCUT2D eigenvalue weighted by Crippen LogP contribution is 2.22. The lowest BCUT2D eigenvalue weighted by Crippen LogP contribution is -2.04. The molecule has 2 rings (SSSR count). The fourth-order valence-electron chi connectivity index (χ4n) is 2.24. The van der Waals surface area contributed by atoms with Crippen LogP contribution >= 0.6 is 0 Å². The Bertz CT molecular complexity index is 514. The van der Waals surface area contributed by atoms with E-state index in [1.165, 1.54) is 5.56 Å². The first-order valence-corrected chi connectivity index (χ1v) is 6.53. The first kappa shape index (κ1) is 13.3. The molecule has 0 aliphatic carbocycles. The molecule has 0 aliphatic heterocycles. The summed E-state index contributed by atoms with van der Waals surface area (Å²) in [5.41, 5.74) is 10.3. The maximum absolute atomic E-state index is 5.93.